The van der Waals surface area contributed by atoms with Crippen molar-refractivity contribution in [2.75, 3.05) is 33.4 Å². The van der Waals surface area contributed by atoms with Crippen LogP contribution >= 0.6 is 0 Å². The van der Waals surface area contributed by atoms with Gasteiger partial charge in [0.15, 0.2) is 0 Å². The first-order valence-electron chi connectivity index (χ1n) is 6.86. The molecule has 0 atom stereocenters. The molecule has 0 aliphatic carbocycles. The van der Waals surface area contributed by atoms with Gasteiger partial charge in [0.2, 0.25) is 5.91 Å². The molecule has 0 aromatic heterocycles. The Bertz CT molecular complexity index is 217. The minimum Gasteiger partial charge on any atom is -0.379 e. The van der Waals surface area contributed by atoms with Gasteiger partial charge in [0, 0.05) is 26.6 Å². The van der Waals surface area contributed by atoms with E-state index < -0.39 is 0 Å². The van der Waals surface area contributed by atoms with Gasteiger partial charge >= 0.3 is 0 Å². The Balaban J connectivity index is 3.40. The second-order valence-electron chi connectivity index (χ2n) is 5.30. The van der Waals surface area contributed by atoms with Gasteiger partial charge in [-0.2, -0.15) is 0 Å². The predicted molar refractivity (Wildman–Crippen MR) is 73.6 cm³/mol. The molecule has 0 unspecified atom stereocenters. The quantitative estimate of drug-likeness (QED) is 0.565. The fraction of sp³-hybridized carbons (Fsp3) is 0.929. The largest absolute Gasteiger partial charge is 0.379 e. The van der Waals surface area contributed by atoms with Crippen molar-refractivity contribution >= 4 is 5.91 Å². The zero-order valence-corrected chi connectivity index (χ0v) is 12.6. The van der Waals surface area contributed by atoms with E-state index in [1.54, 1.807) is 4.90 Å². The first kappa shape index (κ1) is 17.4. The maximum absolute atomic E-state index is 11.7. The summed E-state index contributed by atoms with van der Waals surface area (Å²) in [5.41, 5.74) is 0. The van der Waals surface area contributed by atoms with Crippen LogP contribution in [0.2, 0.25) is 0 Å². The van der Waals surface area contributed by atoms with E-state index in [1.165, 1.54) is 0 Å². The van der Waals surface area contributed by atoms with E-state index in [0.717, 1.165) is 13.0 Å². The van der Waals surface area contributed by atoms with Crippen LogP contribution in [-0.4, -0.2) is 50.3 Å². The van der Waals surface area contributed by atoms with Crippen molar-refractivity contribution in [3.8, 4) is 0 Å². The van der Waals surface area contributed by atoms with Crippen LogP contribution in [0.25, 0.3) is 0 Å². The molecule has 0 fully saturated rings. The molecular weight excluding hydrogens is 230 g/mol. The molecule has 4 heteroatoms. The zero-order chi connectivity index (χ0) is 14.0. The maximum Gasteiger partial charge on any atom is 0.222 e. The summed E-state index contributed by atoms with van der Waals surface area (Å²) in [5, 5.41) is 0. The van der Waals surface area contributed by atoms with Crippen LogP contribution < -0.4 is 0 Å². The van der Waals surface area contributed by atoms with E-state index in [2.05, 4.69) is 13.8 Å². The third-order valence-electron chi connectivity index (χ3n) is 2.42. The summed E-state index contributed by atoms with van der Waals surface area (Å²) in [4.78, 5) is 13.5. The van der Waals surface area contributed by atoms with Crippen LogP contribution in [0, 0.1) is 5.92 Å². The van der Waals surface area contributed by atoms with E-state index in [1.807, 2.05) is 20.9 Å². The normalized spacial score (nSPS) is 11.3. The summed E-state index contributed by atoms with van der Waals surface area (Å²) in [6.07, 6.45) is 1.59. The molecule has 0 saturated heterocycles. The molecule has 4 nitrogen and oxygen atoms in total. The highest BCUT2D eigenvalue weighted by Gasteiger charge is 2.09. The van der Waals surface area contributed by atoms with Gasteiger partial charge in [-0.05, 0) is 26.2 Å². The van der Waals surface area contributed by atoms with E-state index >= 15 is 0 Å². The number of ether oxygens (including phenoxy) is 2. The first-order valence-corrected chi connectivity index (χ1v) is 6.86. The Morgan fingerprint density at radius 2 is 1.78 bits per heavy atom. The van der Waals surface area contributed by atoms with E-state index in [-0.39, 0.29) is 12.0 Å². The van der Waals surface area contributed by atoms with Crippen molar-refractivity contribution in [2.24, 2.45) is 5.92 Å². The summed E-state index contributed by atoms with van der Waals surface area (Å²) < 4.78 is 10.8. The predicted octanol–water partition coefficient (Wildman–Crippen LogP) is 2.32. The van der Waals surface area contributed by atoms with Gasteiger partial charge in [0.25, 0.3) is 0 Å². The lowest BCUT2D eigenvalue weighted by Gasteiger charge is -2.19. The number of hydrogen-bond acceptors (Lipinski definition) is 3. The second-order valence-corrected chi connectivity index (χ2v) is 5.30. The third kappa shape index (κ3) is 10.5. The van der Waals surface area contributed by atoms with Crippen molar-refractivity contribution in [1.82, 2.24) is 4.90 Å². The van der Waals surface area contributed by atoms with Gasteiger partial charge in [-0.25, -0.2) is 0 Å². The van der Waals surface area contributed by atoms with Crippen LogP contribution in [-0.2, 0) is 14.3 Å². The lowest BCUT2D eigenvalue weighted by atomic mass is 10.2. The van der Waals surface area contributed by atoms with Gasteiger partial charge in [0.05, 0.1) is 19.3 Å². The average molecular weight is 259 g/mol. The van der Waals surface area contributed by atoms with Crippen LogP contribution in [0.4, 0.5) is 0 Å². The Morgan fingerprint density at radius 1 is 1.11 bits per heavy atom. The molecule has 0 spiro atoms. The van der Waals surface area contributed by atoms with E-state index in [0.29, 0.717) is 32.2 Å². The topological polar surface area (TPSA) is 38.8 Å². The molecule has 0 aliphatic heterocycles. The maximum atomic E-state index is 11.7. The molecule has 18 heavy (non-hydrogen) atoms. The van der Waals surface area contributed by atoms with Gasteiger partial charge in [0.1, 0.15) is 0 Å². The fourth-order valence-electron chi connectivity index (χ4n) is 1.61. The number of hydrogen-bond donors (Lipinski definition) is 0. The van der Waals surface area contributed by atoms with Crippen LogP contribution in [0.15, 0.2) is 0 Å². The van der Waals surface area contributed by atoms with Gasteiger partial charge < -0.3 is 14.4 Å². The van der Waals surface area contributed by atoms with Crippen molar-refractivity contribution in [1.29, 1.82) is 0 Å². The molecule has 0 radical (unpaired) electrons. The fourth-order valence-corrected chi connectivity index (χ4v) is 1.61. The van der Waals surface area contributed by atoms with Gasteiger partial charge in [-0.15, -0.1) is 0 Å². The molecule has 0 saturated carbocycles. The second kappa shape index (κ2) is 10.3. The van der Waals surface area contributed by atoms with Crippen molar-refractivity contribution < 1.29 is 14.3 Å². The van der Waals surface area contributed by atoms with Crippen LogP contribution in [0.3, 0.4) is 0 Å². The van der Waals surface area contributed by atoms with Crippen molar-refractivity contribution in [3.05, 3.63) is 0 Å². The lowest BCUT2D eigenvalue weighted by Crippen LogP contribution is -2.30. The van der Waals surface area contributed by atoms with Crippen molar-refractivity contribution in [3.63, 3.8) is 0 Å². The summed E-state index contributed by atoms with van der Waals surface area (Å²) in [6.45, 7) is 10.9. The van der Waals surface area contributed by atoms with E-state index in [9.17, 15) is 4.79 Å². The van der Waals surface area contributed by atoms with E-state index in [4.69, 9.17) is 9.47 Å². The Hall–Kier alpha value is -0.610. The molecule has 0 aliphatic rings. The highest BCUT2D eigenvalue weighted by atomic mass is 16.5. The highest BCUT2D eigenvalue weighted by Crippen LogP contribution is 2.01. The Kier molecular flexibility index (Phi) is 9.98. The standard InChI is InChI=1S/C14H29NO3/c1-12(2)11-15(5)14(16)7-6-8-17-9-10-18-13(3)4/h12-13H,6-11H2,1-5H3. The molecule has 0 aromatic carbocycles. The van der Waals surface area contributed by atoms with Crippen LogP contribution in [0.1, 0.15) is 40.5 Å². The summed E-state index contributed by atoms with van der Waals surface area (Å²) in [5.74, 6) is 0.717. The molecule has 0 heterocycles. The molecule has 0 rings (SSSR count). The number of carbonyl (C=O) groups is 1. The smallest absolute Gasteiger partial charge is 0.222 e. The summed E-state index contributed by atoms with van der Waals surface area (Å²) >= 11 is 0. The number of amides is 1. The summed E-state index contributed by atoms with van der Waals surface area (Å²) in [7, 11) is 1.86. The molecule has 0 aromatic rings. The lowest BCUT2D eigenvalue weighted by molar-refractivity contribution is -0.130. The monoisotopic (exact) mass is 259 g/mol. The minimum atomic E-state index is 0.200. The minimum absolute atomic E-state index is 0.200. The van der Waals surface area contributed by atoms with Gasteiger partial charge in [-0.1, -0.05) is 13.8 Å². The average Bonchev–Trinajstić information content (AvgIpc) is 2.26. The zero-order valence-electron chi connectivity index (χ0n) is 12.6. The Labute approximate surface area is 112 Å². The summed E-state index contributed by atoms with van der Waals surface area (Å²) in [6, 6.07) is 0. The number of carbonyl (C=O) groups excluding carboxylic acids is 1. The molecule has 1 amide bonds. The molecule has 0 N–H and O–H groups in total. The molecule has 108 valence electrons. The highest BCUT2D eigenvalue weighted by molar-refractivity contribution is 5.75. The third-order valence-corrected chi connectivity index (χ3v) is 2.42. The van der Waals surface area contributed by atoms with Crippen molar-refractivity contribution in [2.45, 2.75) is 46.6 Å². The number of nitrogens with zero attached hydrogens (tertiary/aromatic N) is 1. The van der Waals surface area contributed by atoms with Crippen LogP contribution in [0.5, 0.6) is 0 Å². The molecule has 0 bridgehead atoms. The number of rotatable bonds is 10. The SMILES string of the molecule is CC(C)CN(C)C(=O)CCCOCCOC(C)C. The first-order chi connectivity index (χ1) is 8.43. The Morgan fingerprint density at radius 3 is 2.33 bits per heavy atom. The molecular formula is C14H29NO3. The van der Waals surface area contributed by atoms with Gasteiger partial charge in [-0.3, -0.25) is 4.79 Å².